The van der Waals surface area contributed by atoms with Gasteiger partial charge in [0, 0.05) is 5.69 Å². The number of hydrogen-bond acceptors (Lipinski definition) is 2. The number of rotatable bonds is 4. The third-order valence-electron chi connectivity index (χ3n) is 2.56. The van der Waals surface area contributed by atoms with Crippen LogP contribution >= 0.6 is 12.2 Å². The Morgan fingerprint density at radius 3 is 2.58 bits per heavy atom. The van der Waals surface area contributed by atoms with Gasteiger partial charge in [-0.05, 0) is 30.8 Å². The van der Waals surface area contributed by atoms with E-state index >= 15 is 0 Å². The van der Waals surface area contributed by atoms with Gasteiger partial charge in [-0.15, -0.1) is 0 Å². The lowest BCUT2D eigenvalue weighted by molar-refractivity contribution is -0.857. The van der Waals surface area contributed by atoms with E-state index in [1.165, 1.54) is 4.90 Å². The van der Waals surface area contributed by atoms with Crippen molar-refractivity contribution < 1.29 is 9.69 Å². The SMILES string of the molecule is Cc1ccccc1NC(=S)NNC(=O)CC[NH+](C)C. The first-order chi connectivity index (χ1) is 8.99. The van der Waals surface area contributed by atoms with Crippen LogP contribution in [0.2, 0.25) is 0 Å². The number of hydrazine groups is 1. The number of amides is 1. The van der Waals surface area contributed by atoms with E-state index < -0.39 is 0 Å². The summed E-state index contributed by atoms with van der Waals surface area (Å²) < 4.78 is 0. The van der Waals surface area contributed by atoms with E-state index in [2.05, 4.69) is 16.2 Å². The Hall–Kier alpha value is -1.66. The average molecular weight is 281 g/mol. The summed E-state index contributed by atoms with van der Waals surface area (Å²) in [6.45, 7) is 2.77. The number of hydrogen-bond donors (Lipinski definition) is 4. The minimum Gasteiger partial charge on any atom is -0.339 e. The summed E-state index contributed by atoms with van der Waals surface area (Å²) in [5.41, 5.74) is 7.28. The van der Waals surface area contributed by atoms with Crippen molar-refractivity contribution in [3.8, 4) is 0 Å². The van der Waals surface area contributed by atoms with Crippen molar-refractivity contribution >= 4 is 28.9 Å². The molecule has 6 heteroatoms. The molecule has 0 unspecified atom stereocenters. The Morgan fingerprint density at radius 2 is 1.95 bits per heavy atom. The minimum absolute atomic E-state index is 0.0740. The topological polar surface area (TPSA) is 57.6 Å². The summed E-state index contributed by atoms with van der Waals surface area (Å²) in [6.07, 6.45) is 0.461. The number of anilines is 1. The second-order valence-corrected chi connectivity index (χ2v) is 5.06. The predicted octanol–water partition coefficient (Wildman–Crippen LogP) is -0.153. The maximum absolute atomic E-state index is 11.5. The van der Waals surface area contributed by atoms with Crippen molar-refractivity contribution in [1.82, 2.24) is 10.9 Å². The average Bonchev–Trinajstić information content (AvgIpc) is 2.36. The zero-order chi connectivity index (χ0) is 14.3. The molecule has 1 rings (SSSR count). The second-order valence-electron chi connectivity index (χ2n) is 4.65. The van der Waals surface area contributed by atoms with Gasteiger partial charge in [0.15, 0.2) is 5.11 Å². The summed E-state index contributed by atoms with van der Waals surface area (Å²) >= 11 is 5.11. The molecule has 0 bridgehead atoms. The molecule has 0 saturated heterocycles. The fourth-order valence-corrected chi connectivity index (χ4v) is 1.58. The van der Waals surface area contributed by atoms with E-state index in [0.717, 1.165) is 17.8 Å². The number of thiocarbonyl (C=S) groups is 1. The van der Waals surface area contributed by atoms with Gasteiger partial charge in [0.05, 0.1) is 27.1 Å². The van der Waals surface area contributed by atoms with Gasteiger partial charge in [0.25, 0.3) is 0 Å². The van der Waals surface area contributed by atoms with Crippen LogP contribution in [0.25, 0.3) is 0 Å². The van der Waals surface area contributed by atoms with Crippen LogP contribution in [0.4, 0.5) is 5.69 Å². The molecule has 0 heterocycles. The molecule has 0 fully saturated rings. The van der Waals surface area contributed by atoms with E-state index in [0.29, 0.717) is 11.5 Å². The van der Waals surface area contributed by atoms with Crippen LogP contribution in [0.5, 0.6) is 0 Å². The highest BCUT2D eigenvalue weighted by molar-refractivity contribution is 7.80. The molecule has 0 saturated carbocycles. The third-order valence-corrected chi connectivity index (χ3v) is 2.76. The molecule has 0 aliphatic heterocycles. The van der Waals surface area contributed by atoms with Gasteiger partial charge in [-0.25, -0.2) is 0 Å². The maximum atomic E-state index is 11.5. The monoisotopic (exact) mass is 281 g/mol. The summed E-state index contributed by atoms with van der Waals surface area (Å²) in [5, 5.41) is 3.41. The number of para-hydroxylation sites is 1. The minimum atomic E-state index is -0.0740. The molecule has 1 aromatic carbocycles. The molecule has 4 N–H and O–H groups in total. The lowest BCUT2D eigenvalue weighted by Crippen LogP contribution is -3.05. The smallest absolute Gasteiger partial charge is 0.244 e. The number of carbonyl (C=O) groups excluding carboxylic acids is 1. The summed E-state index contributed by atoms with van der Waals surface area (Å²) in [5.74, 6) is -0.0740. The Labute approximate surface area is 119 Å². The molecule has 1 aromatic rings. The van der Waals surface area contributed by atoms with Crippen LogP contribution in [0.15, 0.2) is 24.3 Å². The summed E-state index contributed by atoms with van der Waals surface area (Å²) in [7, 11) is 4.01. The number of benzene rings is 1. The van der Waals surface area contributed by atoms with Crippen molar-refractivity contribution in [3.63, 3.8) is 0 Å². The van der Waals surface area contributed by atoms with Crippen molar-refractivity contribution in [1.29, 1.82) is 0 Å². The van der Waals surface area contributed by atoms with Gasteiger partial charge >= 0.3 is 0 Å². The normalized spacial score (nSPS) is 10.1. The van der Waals surface area contributed by atoms with Crippen molar-refractivity contribution in [2.24, 2.45) is 0 Å². The van der Waals surface area contributed by atoms with Crippen LogP contribution in [0.3, 0.4) is 0 Å². The van der Waals surface area contributed by atoms with Gasteiger partial charge in [0.1, 0.15) is 0 Å². The van der Waals surface area contributed by atoms with Crippen LogP contribution in [-0.2, 0) is 4.79 Å². The number of aryl methyl sites for hydroxylation is 1. The molecule has 0 radical (unpaired) electrons. The second kappa shape index (κ2) is 7.70. The van der Waals surface area contributed by atoms with E-state index in [9.17, 15) is 4.79 Å². The fraction of sp³-hybridized carbons (Fsp3) is 0.385. The zero-order valence-corrected chi connectivity index (χ0v) is 12.4. The molecular weight excluding hydrogens is 260 g/mol. The van der Waals surface area contributed by atoms with E-state index in [1.807, 2.05) is 45.3 Å². The standard InChI is InChI=1S/C13H20N4OS/c1-10-6-4-5-7-11(10)14-13(19)16-15-12(18)8-9-17(2)3/h4-7H,8-9H2,1-3H3,(H,15,18)(H2,14,16,19)/p+1. The first kappa shape index (κ1) is 15.4. The van der Waals surface area contributed by atoms with E-state index in [1.54, 1.807) is 0 Å². The largest absolute Gasteiger partial charge is 0.339 e. The highest BCUT2D eigenvalue weighted by atomic mass is 32.1. The molecule has 19 heavy (non-hydrogen) atoms. The van der Waals surface area contributed by atoms with Crippen LogP contribution in [-0.4, -0.2) is 31.7 Å². The molecule has 1 amide bonds. The van der Waals surface area contributed by atoms with E-state index in [-0.39, 0.29) is 5.91 Å². The van der Waals surface area contributed by atoms with Crippen molar-refractivity contribution in [2.75, 3.05) is 26.0 Å². The molecule has 0 aromatic heterocycles. The number of nitrogens with one attached hydrogen (secondary N) is 4. The molecular formula is C13H21N4OS+. The highest BCUT2D eigenvalue weighted by Crippen LogP contribution is 2.12. The first-order valence-electron chi connectivity index (χ1n) is 6.19. The Balaban J connectivity index is 2.32. The van der Waals surface area contributed by atoms with Gasteiger partial charge < -0.3 is 10.2 Å². The summed E-state index contributed by atoms with van der Waals surface area (Å²) in [6, 6.07) is 7.81. The Bertz CT molecular complexity index is 448. The third kappa shape index (κ3) is 6.17. The molecule has 0 aliphatic rings. The van der Waals surface area contributed by atoms with Gasteiger partial charge in [-0.2, -0.15) is 0 Å². The van der Waals surface area contributed by atoms with Crippen LogP contribution < -0.4 is 21.1 Å². The molecule has 0 spiro atoms. The maximum Gasteiger partial charge on any atom is 0.244 e. The summed E-state index contributed by atoms with van der Waals surface area (Å²) in [4.78, 5) is 12.7. The molecule has 5 nitrogen and oxygen atoms in total. The van der Waals surface area contributed by atoms with E-state index in [4.69, 9.17) is 12.2 Å². The molecule has 104 valence electrons. The van der Waals surface area contributed by atoms with Crippen LogP contribution in [0.1, 0.15) is 12.0 Å². The first-order valence-corrected chi connectivity index (χ1v) is 6.60. The number of carbonyl (C=O) groups is 1. The quantitative estimate of drug-likeness (QED) is 0.458. The van der Waals surface area contributed by atoms with Gasteiger partial charge in [-0.1, -0.05) is 18.2 Å². The zero-order valence-electron chi connectivity index (χ0n) is 11.5. The predicted molar refractivity (Wildman–Crippen MR) is 81.0 cm³/mol. The Kier molecular flexibility index (Phi) is 6.24. The van der Waals surface area contributed by atoms with Crippen molar-refractivity contribution in [2.45, 2.75) is 13.3 Å². The number of quaternary nitrogens is 1. The lowest BCUT2D eigenvalue weighted by Gasteiger charge is -2.13. The molecule has 0 aliphatic carbocycles. The van der Waals surface area contributed by atoms with Crippen molar-refractivity contribution in [3.05, 3.63) is 29.8 Å². The highest BCUT2D eigenvalue weighted by Gasteiger charge is 2.05. The molecule has 0 atom stereocenters. The van der Waals surface area contributed by atoms with Crippen LogP contribution in [0, 0.1) is 6.92 Å². The van der Waals surface area contributed by atoms with Gasteiger partial charge in [0.2, 0.25) is 5.91 Å². The van der Waals surface area contributed by atoms with Gasteiger partial charge in [-0.3, -0.25) is 15.6 Å². The Morgan fingerprint density at radius 1 is 1.26 bits per heavy atom. The lowest BCUT2D eigenvalue weighted by atomic mass is 10.2. The fourth-order valence-electron chi connectivity index (χ4n) is 1.42.